The zero-order valence-corrected chi connectivity index (χ0v) is 11.5. The molecule has 5 heteroatoms. The Kier molecular flexibility index (Phi) is 2.67. The average Bonchev–Trinajstić information content (AvgIpc) is 2.23. The summed E-state index contributed by atoms with van der Waals surface area (Å²) in [6.07, 6.45) is 3.29. The van der Waals surface area contributed by atoms with Crippen LogP contribution in [-0.4, -0.2) is 9.55 Å². The number of rotatable bonds is 1. The van der Waals surface area contributed by atoms with Gasteiger partial charge in [-0.05, 0) is 59.5 Å². The summed E-state index contributed by atoms with van der Waals surface area (Å²) in [7, 11) is 0. The van der Waals surface area contributed by atoms with E-state index in [4.69, 9.17) is 12.2 Å². The number of nitrogens with zero attached hydrogens (tertiary/aromatic N) is 1. The van der Waals surface area contributed by atoms with Crippen molar-refractivity contribution in [3.05, 3.63) is 37.8 Å². The van der Waals surface area contributed by atoms with E-state index in [2.05, 4.69) is 20.9 Å². The van der Waals surface area contributed by atoms with E-state index in [9.17, 15) is 4.79 Å². The Balaban J connectivity index is 2.39. The van der Waals surface area contributed by atoms with Crippen LogP contribution in [0.25, 0.3) is 10.9 Å². The van der Waals surface area contributed by atoms with E-state index >= 15 is 0 Å². The summed E-state index contributed by atoms with van der Waals surface area (Å²) < 4.78 is 3.13. The Morgan fingerprint density at radius 1 is 1.41 bits per heavy atom. The molecule has 0 spiro atoms. The number of aromatic amines is 1. The number of fused-ring (bicyclic) bond motifs is 1. The summed E-state index contributed by atoms with van der Waals surface area (Å²) in [5.41, 5.74) is 0.813. The molecule has 0 atom stereocenters. The van der Waals surface area contributed by atoms with Crippen LogP contribution in [0.2, 0.25) is 0 Å². The zero-order valence-electron chi connectivity index (χ0n) is 9.07. The van der Waals surface area contributed by atoms with Crippen molar-refractivity contribution in [3.8, 4) is 0 Å². The van der Waals surface area contributed by atoms with E-state index in [1.165, 1.54) is 6.42 Å². The van der Waals surface area contributed by atoms with Gasteiger partial charge < -0.3 is 4.98 Å². The Morgan fingerprint density at radius 2 is 2.18 bits per heavy atom. The standard InChI is InChI=1S/C12H11BrN2OS/c13-9-6-2-5-8-10(9)14-12(17)15(11(8)16)7-3-1-4-7/h2,5-7H,1,3-4H2,(H,14,17). The van der Waals surface area contributed by atoms with Crippen LogP contribution in [0.1, 0.15) is 25.3 Å². The first-order valence-electron chi connectivity index (χ1n) is 5.61. The molecule has 3 rings (SSSR count). The summed E-state index contributed by atoms with van der Waals surface area (Å²) >= 11 is 8.72. The molecule has 0 aliphatic heterocycles. The van der Waals surface area contributed by atoms with Gasteiger partial charge in [-0.25, -0.2) is 0 Å². The molecule has 0 unspecified atom stereocenters. The second-order valence-corrected chi connectivity index (χ2v) is 5.59. The van der Waals surface area contributed by atoms with Crippen molar-refractivity contribution in [3.63, 3.8) is 0 Å². The van der Waals surface area contributed by atoms with E-state index < -0.39 is 0 Å². The summed E-state index contributed by atoms with van der Waals surface area (Å²) in [5, 5.41) is 0.694. The number of halogens is 1. The average molecular weight is 311 g/mol. The second-order valence-electron chi connectivity index (χ2n) is 4.35. The van der Waals surface area contributed by atoms with Gasteiger partial charge in [-0.2, -0.15) is 0 Å². The van der Waals surface area contributed by atoms with E-state index in [1.807, 2.05) is 18.2 Å². The largest absolute Gasteiger partial charge is 0.331 e. The fourth-order valence-corrected chi connectivity index (χ4v) is 2.99. The van der Waals surface area contributed by atoms with Gasteiger partial charge in [0.25, 0.3) is 5.56 Å². The monoisotopic (exact) mass is 310 g/mol. The van der Waals surface area contributed by atoms with Gasteiger partial charge in [-0.1, -0.05) is 6.07 Å². The Hall–Kier alpha value is -0.940. The van der Waals surface area contributed by atoms with Crippen molar-refractivity contribution >= 4 is 39.1 Å². The number of nitrogens with one attached hydrogen (secondary N) is 1. The van der Waals surface area contributed by atoms with Gasteiger partial charge >= 0.3 is 0 Å². The molecular formula is C12H11BrN2OS. The van der Waals surface area contributed by atoms with Crippen LogP contribution < -0.4 is 5.56 Å². The van der Waals surface area contributed by atoms with Crippen LogP contribution in [0, 0.1) is 4.77 Å². The van der Waals surface area contributed by atoms with Crippen LogP contribution in [0.4, 0.5) is 0 Å². The Bertz CT molecular complexity index is 700. The first-order chi connectivity index (χ1) is 8.18. The number of hydrogen-bond donors (Lipinski definition) is 1. The number of H-pyrrole nitrogens is 1. The summed E-state index contributed by atoms with van der Waals surface area (Å²) in [5.74, 6) is 0. The molecule has 1 N–H and O–H groups in total. The molecule has 1 heterocycles. The van der Waals surface area contributed by atoms with E-state index in [0.29, 0.717) is 10.2 Å². The highest BCUT2D eigenvalue weighted by Gasteiger charge is 2.22. The van der Waals surface area contributed by atoms with Crippen molar-refractivity contribution in [2.45, 2.75) is 25.3 Å². The molecule has 3 nitrogen and oxygen atoms in total. The van der Waals surface area contributed by atoms with E-state index in [0.717, 1.165) is 22.8 Å². The molecule has 1 saturated carbocycles. The third-order valence-electron chi connectivity index (χ3n) is 3.35. The first kappa shape index (κ1) is 11.2. The van der Waals surface area contributed by atoms with Gasteiger partial charge in [-0.3, -0.25) is 9.36 Å². The third-order valence-corrected chi connectivity index (χ3v) is 4.31. The lowest BCUT2D eigenvalue weighted by Gasteiger charge is -2.27. The van der Waals surface area contributed by atoms with E-state index in [-0.39, 0.29) is 11.6 Å². The fraction of sp³-hybridized carbons (Fsp3) is 0.333. The van der Waals surface area contributed by atoms with Gasteiger partial charge in [0.2, 0.25) is 0 Å². The minimum Gasteiger partial charge on any atom is -0.331 e. The number of hydrogen-bond acceptors (Lipinski definition) is 2. The highest BCUT2D eigenvalue weighted by atomic mass is 79.9. The summed E-state index contributed by atoms with van der Waals surface area (Å²) in [4.78, 5) is 15.5. The van der Waals surface area contributed by atoms with Crippen LogP contribution in [0.15, 0.2) is 27.5 Å². The number of aromatic nitrogens is 2. The smallest absolute Gasteiger partial charge is 0.262 e. The molecular weight excluding hydrogens is 300 g/mol. The SMILES string of the molecule is O=c1c2cccc(Br)c2[nH]c(=S)n1C1CCC1. The highest BCUT2D eigenvalue weighted by molar-refractivity contribution is 9.10. The molecule has 1 aliphatic carbocycles. The minimum atomic E-state index is 0.0229. The van der Waals surface area contributed by atoms with E-state index in [1.54, 1.807) is 4.57 Å². The number of benzene rings is 1. The van der Waals surface area contributed by atoms with Gasteiger partial charge in [0.05, 0.1) is 10.9 Å². The van der Waals surface area contributed by atoms with Gasteiger partial charge in [0.1, 0.15) is 0 Å². The predicted molar refractivity (Wildman–Crippen MR) is 74.0 cm³/mol. The summed E-state index contributed by atoms with van der Waals surface area (Å²) in [6, 6.07) is 5.90. The molecule has 1 aromatic heterocycles. The van der Waals surface area contributed by atoms with Crippen molar-refractivity contribution in [1.29, 1.82) is 0 Å². The van der Waals surface area contributed by atoms with Crippen molar-refractivity contribution in [2.75, 3.05) is 0 Å². The molecule has 0 radical (unpaired) electrons. The molecule has 0 amide bonds. The molecule has 2 aromatic rings. The van der Waals surface area contributed by atoms with Gasteiger partial charge in [0, 0.05) is 10.5 Å². The molecule has 17 heavy (non-hydrogen) atoms. The normalized spacial score (nSPS) is 16.1. The maximum absolute atomic E-state index is 12.4. The lowest BCUT2D eigenvalue weighted by molar-refractivity contribution is 0.302. The lowest BCUT2D eigenvalue weighted by atomic mass is 9.93. The molecule has 0 saturated heterocycles. The Morgan fingerprint density at radius 3 is 2.82 bits per heavy atom. The Labute approximate surface area is 112 Å². The van der Waals surface area contributed by atoms with Crippen LogP contribution in [-0.2, 0) is 0 Å². The van der Waals surface area contributed by atoms with Crippen molar-refractivity contribution < 1.29 is 0 Å². The minimum absolute atomic E-state index is 0.0229. The summed E-state index contributed by atoms with van der Waals surface area (Å²) in [6.45, 7) is 0. The molecule has 1 fully saturated rings. The van der Waals surface area contributed by atoms with Crippen LogP contribution >= 0.6 is 28.1 Å². The van der Waals surface area contributed by atoms with Crippen molar-refractivity contribution in [1.82, 2.24) is 9.55 Å². The van der Waals surface area contributed by atoms with Crippen molar-refractivity contribution in [2.24, 2.45) is 0 Å². The maximum Gasteiger partial charge on any atom is 0.262 e. The molecule has 1 aromatic carbocycles. The second kappa shape index (κ2) is 4.07. The highest BCUT2D eigenvalue weighted by Crippen LogP contribution is 2.31. The van der Waals surface area contributed by atoms with Crippen LogP contribution in [0.3, 0.4) is 0 Å². The first-order valence-corrected chi connectivity index (χ1v) is 6.81. The topological polar surface area (TPSA) is 37.8 Å². The maximum atomic E-state index is 12.4. The third kappa shape index (κ3) is 1.68. The molecule has 1 aliphatic rings. The van der Waals surface area contributed by atoms with Crippen LogP contribution in [0.5, 0.6) is 0 Å². The fourth-order valence-electron chi connectivity index (χ4n) is 2.20. The quantitative estimate of drug-likeness (QED) is 0.818. The van der Waals surface area contributed by atoms with Gasteiger partial charge in [-0.15, -0.1) is 0 Å². The van der Waals surface area contributed by atoms with Gasteiger partial charge in [0.15, 0.2) is 4.77 Å². The number of para-hydroxylation sites is 1. The molecule has 88 valence electrons. The lowest BCUT2D eigenvalue weighted by Crippen LogP contribution is -2.30. The molecule has 0 bridgehead atoms. The zero-order chi connectivity index (χ0) is 12.0. The predicted octanol–water partition coefficient (Wildman–Crippen LogP) is 3.55.